The summed E-state index contributed by atoms with van der Waals surface area (Å²) in [6.45, 7) is 6.62. The van der Waals surface area contributed by atoms with Crippen molar-refractivity contribution in [2.24, 2.45) is 0 Å². The number of methoxy groups -OCH3 is 1. The first-order chi connectivity index (χ1) is 14.9. The van der Waals surface area contributed by atoms with Crippen LogP contribution in [0.25, 0.3) is 0 Å². The molecule has 0 aliphatic heterocycles. The summed E-state index contributed by atoms with van der Waals surface area (Å²) in [7, 11) is 1.41. The second-order valence-corrected chi connectivity index (χ2v) is 8.47. The van der Waals surface area contributed by atoms with Crippen LogP contribution in [0.4, 0.5) is 0 Å². The van der Waals surface area contributed by atoms with Crippen molar-refractivity contribution in [1.29, 1.82) is 0 Å². The van der Waals surface area contributed by atoms with Crippen molar-refractivity contribution in [2.45, 2.75) is 37.9 Å². The lowest BCUT2D eigenvalue weighted by molar-refractivity contribution is -0.143. The number of nitrogens with one attached hydrogen (secondary N) is 2. The fourth-order valence-electron chi connectivity index (χ4n) is 4.10. The fraction of sp³-hybridized carbons (Fsp3) is 0.296. The van der Waals surface area contributed by atoms with Crippen LogP contribution in [0.15, 0.2) is 91.0 Å². The van der Waals surface area contributed by atoms with E-state index in [1.165, 1.54) is 7.11 Å². The van der Waals surface area contributed by atoms with E-state index in [1.807, 2.05) is 25.1 Å². The lowest BCUT2D eigenvalue weighted by Gasteiger charge is -2.40. The highest BCUT2D eigenvalue weighted by atomic mass is 16.5. The molecule has 162 valence electrons. The molecule has 0 aliphatic rings. The van der Waals surface area contributed by atoms with E-state index in [0.717, 1.165) is 16.7 Å². The highest BCUT2D eigenvalue weighted by Gasteiger charge is 2.37. The van der Waals surface area contributed by atoms with E-state index in [2.05, 4.69) is 97.3 Å². The topological polar surface area (TPSA) is 50.4 Å². The number of carbonyl (C=O) groups excluding carboxylic acids is 1. The minimum Gasteiger partial charge on any atom is -0.468 e. The van der Waals surface area contributed by atoms with Gasteiger partial charge in [0.2, 0.25) is 0 Å². The second kappa shape index (κ2) is 9.90. The molecule has 4 nitrogen and oxygen atoms in total. The minimum absolute atomic E-state index is 0.270. The summed E-state index contributed by atoms with van der Waals surface area (Å²) in [5.41, 5.74) is 2.56. The van der Waals surface area contributed by atoms with Gasteiger partial charge < -0.3 is 4.74 Å². The third kappa shape index (κ3) is 5.22. The van der Waals surface area contributed by atoms with E-state index in [4.69, 9.17) is 4.74 Å². The Morgan fingerprint density at radius 3 is 1.55 bits per heavy atom. The first-order valence-corrected chi connectivity index (χ1v) is 10.7. The Labute approximate surface area is 185 Å². The summed E-state index contributed by atoms with van der Waals surface area (Å²) in [6, 6.07) is 31.1. The molecule has 1 unspecified atom stereocenters. The predicted molar refractivity (Wildman–Crippen MR) is 126 cm³/mol. The lowest BCUT2D eigenvalue weighted by atomic mass is 9.76. The number of rotatable bonds is 9. The zero-order chi connectivity index (χ0) is 22.3. The molecular formula is C27H32N2O2. The van der Waals surface area contributed by atoms with Gasteiger partial charge in [-0.05, 0) is 37.5 Å². The van der Waals surface area contributed by atoms with Crippen LogP contribution in [0.5, 0.6) is 0 Å². The van der Waals surface area contributed by atoms with Crippen molar-refractivity contribution in [2.75, 3.05) is 13.7 Å². The van der Waals surface area contributed by atoms with Crippen LogP contribution in [0.1, 0.15) is 37.5 Å². The van der Waals surface area contributed by atoms with Gasteiger partial charge in [-0.2, -0.15) is 0 Å². The van der Waals surface area contributed by atoms with Crippen molar-refractivity contribution in [3.05, 3.63) is 108 Å². The van der Waals surface area contributed by atoms with Gasteiger partial charge in [-0.15, -0.1) is 0 Å². The maximum absolute atomic E-state index is 11.9. The molecule has 0 radical (unpaired) electrons. The molecule has 0 saturated heterocycles. The number of esters is 1. The first kappa shape index (κ1) is 22.7. The summed E-state index contributed by atoms with van der Waals surface area (Å²) in [5.74, 6) is -0.270. The van der Waals surface area contributed by atoms with Crippen molar-refractivity contribution >= 4 is 5.97 Å². The molecule has 0 spiro atoms. The number of benzene rings is 3. The fourth-order valence-corrected chi connectivity index (χ4v) is 4.10. The van der Waals surface area contributed by atoms with Crippen molar-refractivity contribution in [1.82, 2.24) is 10.6 Å². The Kier molecular flexibility index (Phi) is 7.26. The first-order valence-electron chi connectivity index (χ1n) is 10.7. The monoisotopic (exact) mass is 416 g/mol. The van der Waals surface area contributed by atoms with E-state index < -0.39 is 11.6 Å². The van der Waals surface area contributed by atoms with E-state index in [1.54, 1.807) is 0 Å². The molecule has 0 saturated carbocycles. The zero-order valence-electron chi connectivity index (χ0n) is 18.8. The Morgan fingerprint density at radius 1 is 0.806 bits per heavy atom. The smallest absolute Gasteiger partial charge is 0.322 e. The van der Waals surface area contributed by atoms with E-state index >= 15 is 0 Å². The van der Waals surface area contributed by atoms with Gasteiger partial charge in [-0.1, -0.05) is 91.0 Å². The zero-order valence-corrected chi connectivity index (χ0v) is 18.8. The van der Waals surface area contributed by atoms with E-state index in [0.29, 0.717) is 6.54 Å². The van der Waals surface area contributed by atoms with Crippen LogP contribution >= 0.6 is 0 Å². The maximum Gasteiger partial charge on any atom is 0.322 e. The molecule has 0 aliphatic carbocycles. The van der Waals surface area contributed by atoms with E-state index in [-0.39, 0.29) is 11.5 Å². The summed E-state index contributed by atoms with van der Waals surface area (Å²) in [5, 5.41) is 7.27. The Bertz CT molecular complexity index is 860. The van der Waals surface area contributed by atoms with Gasteiger partial charge in [-0.3, -0.25) is 15.4 Å². The molecule has 4 heteroatoms. The molecule has 3 aromatic carbocycles. The van der Waals surface area contributed by atoms with Crippen molar-refractivity contribution in [3.63, 3.8) is 0 Å². The van der Waals surface area contributed by atoms with Crippen LogP contribution in [-0.4, -0.2) is 31.2 Å². The number of hydrogen-bond donors (Lipinski definition) is 2. The Hall–Kier alpha value is -2.95. The van der Waals surface area contributed by atoms with Gasteiger partial charge in [0.25, 0.3) is 0 Å². The van der Waals surface area contributed by atoms with Crippen LogP contribution in [0.2, 0.25) is 0 Å². The van der Waals surface area contributed by atoms with Gasteiger partial charge in [0.15, 0.2) is 0 Å². The van der Waals surface area contributed by atoms with Gasteiger partial charge in [0.1, 0.15) is 6.04 Å². The van der Waals surface area contributed by atoms with Crippen LogP contribution in [0.3, 0.4) is 0 Å². The molecule has 0 bridgehead atoms. The number of hydrogen-bond acceptors (Lipinski definition) is 4. The SMILES string of the molecule is COC(=O)C(C)NC(C)(C)CNC(c1ccccc1)(c1ccccc1)c1ccccc1. The van der Waals surface area contributed by atoms with Crippen molar-refractivity contribution < 1.29 is 9.53 Å². The molecule has 31 heavy (non-hydrogen) atoms. The minimum atomic E-state index is -0.544. The molecule has 2 N–H and O–H groups in total. The summed E-state index contributed by atoms with van der Waals surface area (Å²) in [4.78, 5) is 11.9. The second-order valence-electron chi connectivity index (χ2n) is 8.47. The van der Waals surface area contributed by atoms with E-state index in [9.17, 15) is 4.79 Å². The number of carbonyl (C=O) groups is 1. The van der Waals surface area contributed by atoms with Gasteiger partial charge in [0.05, 0.1) is 12.6 Å². The normalized spacial score (nSPS) is 12.9. The third-order valence-corrected chi connectivity index (χ3v) is 5.58. The molecular weight excluding hydrogens is 384 g/mol. The van der Waals surface area contributed by atoms with Crippen LogP contribution in [0, 0.1) is 0 Å². The molecule has 0 fully saturated rings. The Balaban J connectivity index is 2.05. The summed E-state index contributed by atoms with van der Waals surface area (Å²) < 4.78 is 4.89. The molecule has 0 aromatic heterocycles. The average Bonchev–Trinajstić information content (AvgIpc) is 2.80. The number of ether oxygens (including phenoxy) is 1. The molecule has 3 aromatic rings. The van der Waals surface area contributed by atoms with Gasteiger partial charge in [0, 0.05) is 12.1 Å². The van der Waals surface area contributed by atoms with Gasteiger partial charge >= 0.3 is 5.97 Å². The highest BCUT2D eigenvalue weighted by molar-refractivity contribution is 5.75. The van der Waals surface area contributed by atoms with Crippen LogP contribution < -0.4 is 10.6 Å². The molecule has 3 rings (SSSR count). The largest absolute Gasteiger partial charge is 0.468 e. The van der Waals surface area contributed by atoms with Gasteiger partial charge in [-0.25, -0.2) is 0 Å². The maximum atomic E-state index is 11.9. The van der Waals surface area contributed by atoms with Crippen LogP contribution in [-0.2, 0) is 15.1 Å². The molecule has 0 heterocycles. The quantitative estimate of drug-likeness (QED) is 0.398. The lowest BCUT2D eigenvalue weighted by Crippen LogP contribution is -2.57. The highest BCUT2D eigenvalue weighted by Crippen LogP contribution is 2.37. The summed E-state index contributed by atoms with van der Waals surface area (Å²) in [6.07, 6.45) is 0. The predicted octanol–water partition coefficient (Wildman–Crippen LogP) is 4.50. The molecule has 1 atom stereocenters. The average molecular weight is 417 g/mol. The molecule has 0 amide bonds. The van der Waals surface area contributed by atoms with Crippen molar-refractivity contribution in [3.8, 4) is 0 Å². The summed E-state index contributed by atoms with van der Waals surface area (Å²) >= 11 is 0. The third-order valence-electron chi connectivity index (χ3n) is 5.58. The Morgan fingerprint density at radius 2 is 1.19 bits per heavy atom. The standard InChI is InChI=1S/C27H32N2O2/c1-21(25(30)31-4)29-26(2,3)20-28-27(22-14-8-5-9-15-22,23-16-10-6-11-17-23)24-18-12-7-13-19-24/h5-19,21,28-29H,20H2,1-4H3.